The summed E-state index contributed by atoms with van der Waals surface area (Å²) in [6, 6.07) is 44.9. The van der Waals surface area contributed by atoms with Crippen LogP contribution in [0.4, 0.5) is 11.4 Å². The van der Waals surface area contributed by atoms with Gasteiger partial charge in [0.05, 0.1) is 23.1 Å². The van der Waals surface area contributed by atoms with Crippen molar-refractivity contribution in [2.24, 2.45) is 20.6 Å². The van der Waals surface area contributed by atoms with Gasteiger partial charge in [-0.25, -0.2) is 0 Å². The first kappa shape index (κ1) is 37.3. The van der Waals surface area contributed by atoms with Crippen LogP contribution in [0.25, 0.3) is 77.1 Å². The lowest BCUT2D eigenvalue weighted by atomic mass is 9.87. The number of rotatable bonds is 13. The fraction of sp³-hybridized carbons (Fsp3) is 0.255. The highest BCUT2D eigenvalue weighted by atomic mass is 32.1. The van der Waals surface area contributed by atoms with Crippen LogP contribution in [0.5, 0.6) is 0 Å². The van der Waals surface area contributed by atoms with Gasteiger partial charge in [-0.1, -0.05) is 181 Å². The molecule has 0 saturated carbocycles. The van der Waals surface area contributed by atoms with Crippen molar-refractivity contribution in [2.75, 3.05) is 0 Å². The first-order valence-corrected chi connectivity index (χ1v) is 22.2. The van der Waals surface area contributed by atoms with Crippen molar-refractivity contribution in [3.8, 4) is 44.5 Å². The fourth-order valence-electron chi connectivity index (χ4n) is 8.79. The van der Waals surface area contributed by atoms with Gasteiger partial charge in [-0.05, 0) is 90.7 Å². The summed E-state index contributed by atoms with van der Waals surface area (Å²) in [6.45, 7) is 9.24. The molecular formula is C51H48N4S2. The van der Waals surface area contributed by atoms with Crippen LogP contribution in [0.15, 0.2) is 130 Å². The summed E-state index contributed by atoms with van der Waals surface area (Å²) in [6.07, 6.45) is 8.48. The molecule has 2 atom stereocenters. The Labute approximate surface area is 344 Å². The molecule has 8 aromatic rings. The minimum atomic E-state index is 0.653. The topological polar surface area (TPSA) is 50.5 Å². The summed E-state index contributed by atoms with van der Waals surface area (Å²) in [5.74, 6) is 1.38. The molecule has 2 heterocycles. The Morgan fingerprint density at radius 3 is 1.46 bits per heavy atom. The van der Waals surface area contributed by atoms with E-state index in [4.69, 9.17) is 17.5 Å². The van der Waals surface area contributed by atoms with Gasteiger partial charge in [0, 0.05) is 11.1 Å². The minimum absolute atomic E-state index is 0.653. The molecule has 0 aliphatic carbocycles. The number of nitrogens with zero attached hydrogens (tertiary/aromatic N) is 4. The molecule has 0 amide bonds. The third kappa shape index (κ3) is 7.04. The summed E-state index contributed by atoms with van der Waals surface area (Å²) in [4.78, 5) is 0. The van der Waals surface area contributed by atoms with E-state index in [1.807, 2.05) is 0 Å². The third-order valence-electron chi connectivity index (χ3n) is 12.2. The maximum Gasteiger partial charge on any atom is 0.115 e. The predicted molar refractivity (Wildman–Crippen MR) is 246 cm³/mol. The lowest BCUT2D eigenvalue weighted by Gasteiger charge is -2.18. The van der Waals surface area contributed by atoms with Crippen molar-refractivity contribution in [2.45, 2.75) is 72.6 Å². The molecule has 7 aromatic carbocycles. The largest absolute Gasteiger partial charge is 0.172 e. The molecule has 284 valence electrons. The SMILES string of the molecule is CCCCC(CC)Cc1ccc(-c2ccc(-c3c4c(c(-c5ccc(-c6ccc(CC(C)CC)c7ccccc67)cc5)c5nsnc35)N=S=N4)cc2)c2ccccc12. The summed E-state index contributed by atoms with van der Waals surface area (Å²) in [7, 11) is 0. The van der Waals surface area contributed by atoms with Gasteiger partial charge < -0.3 is 0 Å². The van der Waals surface area contributed by atoms with E-state index >= 15 is 0 Å². The van der Waals surface area contributed by atoms with Crippen molar-refractivity contribution in [1.29, 1.82) is 0 Å². The van der Waals surface area contributed by atoms with Crippen LogP contribution in [-0.2, 0) is 24.2 Å². The van der Waals surface area contributed by atoms with Crippen molar-refractivity contribution in [3.63, 3.8) is 0 Å². The molecule has 0 saturated heterocycles. The smallest absolute Gasteiger partial charge is 0.115 e. The molecule has 9 rings (SSSR count). The van der Waals surface area contributed by atoms with E-state index in [0.717, 1.165) is 63.4 Å². The lowest BCUT2D eigenvalue weighted by Crippen LogP contribution is -2.04. The van der Waals surface area contributed by atoms with Gasteiger partial charge >= 0.3 is 0 Å². The van der Waals surface area contributed by atoms with Gasteiger partial charge in [-0.3, -0.25) is 0 Å². The second-order valence-corrected chi connectivity index (χ2v) is 16.9. The number of hydrogen-bond donors (Lipinski definition) is 0. The highest BCUT2D eigenvalue weighted by Crippen LogP contribution is 2.52. The average Bonchev–Trinajstić information content (AvgIpc) is 3.95. The second-order valence-electron chi connectivity index (χ2n) is 15.8. The number of unbranched alkanes of at least 4 members (excludes halogenated alkanes) is 1. The summed E-state index contributed by atoms with van der Waals surface area (Å²) in [5.41, 5.74) is 15.4. The van der Waals surface area contributed by atoms with Gasteiger partial charge in [0.2, 0.25) is 0 Å². The van der Waals surface area contributed by atoms with Gasteiger partial charge in [0.25, 0.3) is 0 Å². The number of fused-ring (bicyclic) bond motifs is 4. The van der Waals surface area contributed by atoms with Gasteiger partial charge in [-0.2, -0.15) is 17.5 Å². The van der Waals surface area contributed by atoms with E-state index in [2.05, 4.69) is 149 Å². The van der Waals surface area contributed by atoms with E-state index in [0.29, 0.717) is 5.92 Å². The Balaban J connectivity index is 1.06. The van der Waals surface area contributed by atoms with Crippen molar-refractivity contribution in [3.05, 3.63) is 132 Å². The fourth-order valence-corrected chi connectivity index (χ4v) is 9.91. The summed E-state index contributed by atoms with van der Waals surface area (Å²) < 4.78 is 19.6. The van der Waals surface area contributed by atoms with Crippen molar-refractivity contribution in [1.82, 2.24) is 8.75 Å². The average molecular weight is 781 g/mol. The number of hydrogen-bond acceptors (Lipinski definition) is 5. The van der Waals surface area contributed by atoms with Crippen LogP contribution >= 0.6 is 11.7 Å². The van der Waals surface area contributed by atoms with Crippen molar-refractivity contribution < 1.29 is 0 Å². The predicted octanol–water partition coefficient (Wildman–Crippen LogP) is 15.7. The molecule has 0 fully saturated rings. The molecule has 2 unspecified atom stereocenters. The Morgan fingerprint density at radius 2 is 0.982 bits per heavy atom. The molecular weight excluding hydrogens is 733 g/mol. The van der Waals surface area contributed by atoms with Crippen LogP contribution in [0, 0.1) is 11.8 Å². The number of aromatic nitrogens is 2. The van der Waals surface area contributed by atoms with E-state index in [-0.39, 0.29) is 0 Å². The highest BCUT2D eigenvalue weighted by molar-refractivity contribution is 7.58. The van der Waals surface area contributed by atoms with Crippen LogP contribution in [-0.4, -0.2) is 8.75 Å². The van der Waals surface area contributed by atoms with E-state index in [1.54, 1.807) is 0 Å². The first-order chi connectivity index (χ1) is 28.1. The molecule has 1 aromatic heterocycles. The quantitative estimate of drug-likeness (QED) is 0.117. The summed E-state index contributed by atoms with van der Waals surface area (Å²) >= 11 is 2.51. The van der Waals surface area contributed by atoms with Crippen molar-refractivity contribution >= 4 is 67.0 Å². The van der Waals surface area contributed by atoms with Crippen LogP contribution in [0.1, 0.15) is 70.9 Å². The zero-order valence-corrected chi connectivity index (χ0v) is 34.9. The molecule has 6 heteroatoms. The van der Waals surface area contributed by atoms with E-state index in [9.17, 15) is 0 Å². The third-order valence-corrected chi connectivity index (χ3v) is 13.3. The molecule has 57 heavy (non-hydrogen) atoms. The molecule has 0 N–H and O–H groups in total. The maximum absolute atomic E-state index is 4.89. The monoisotopic (exact) mass is 780 g/mol. The Hall–Kier alpha value is -5.30. The van der Waals surface area contributed by atoms with E-state index < -0.39 is 0 Å². The zero-order valence-electron chi connectivity index (χ0n) is 33.3. The molecule has 1 aliphatic rings. The second kappa shape index (κ2) is 16.3. The first-order valence-electron chi connectivity index (χ1n) is 20.7. The van der Waals surface area contributed by atoms with Crippen LogP contribution in [0.2, 0.25) is 0 Å². The highest BCUT2D eigenvalue weighted by Gasteiger charge is 2.26. The zero-order chi connectivity index (χ0) is 38.9. The standard InChI is InChI=1S/C51H48N4S2/c1-5-8-13-33(7-3)31-39-27-29-43(45-17-12-10-15-41(39)45)35-20-24-37(25-21-35)47-50-48(52-56-54-50)46(49-51(47)55-57-53-49)36-22-18-34(19-23-36)42-28-26-38(30-32(4)6-2)40-14-9-11-16-44(40)42/h9-12,14-29,32-33H,5-8,13,30-31H2,1-4H3. The maximum atomic E-state index is 4.89. The molecule has 4 nitrogen and oxygen atoms in total. The molecule has 0 spiro atoms. The minimum Gasteiger partial charge on any atom is -0.172 e. The number of benzene rings is 7. The van der Waals surface area contributed by atoms with Crippen LogP contribution < -0.4 is 0 Å². The van der Waals surface area contributed by atoms with Crippen LogP contribution in [0.3, 0.4) is 0 Å². The Kier molecular flexibility index (Phi) is 10.7. The Morgan fingerprint density at radius 1 is 0.509 bits per heavy atom. The summed E-state index contributed by atoms with van der Waals surface area (Å²) in [5, 5.41) is 5.32. The molecule has 0 bridgehead atoms. The van der Waals surface area contributed by atoms with E-state index in [1.165, 1.54) is 110 Å². The van der Waals surface area contributed by atoms with Gasteiger partial charge in [0.1, 0.15) is 22.4 Å². The Bertz CT molecular complexity index is 2810. The molecule has 0 radical (unpaired) electrons. The lowest BCUT2D eigenvalue weighted by molar-refractivity contribution is 0.450. The molecule has 1 aliphatic heterocycles. The van der Waals surface area contributed by atoms with Gasteiger partial charge in [0.15, 0.2) is 0 Å². The normalized spacial score (nSPS) is 13.3. The van der Waals surface area contributed by atoms with Gasteiger partial charge in [-0.15, -0.1) is 0 Å².